The maximum Gasteiger partial charge on any atom is 0.250 e. The molecule has 2 aliphatic heterocycles. The van der Waals surface area contributed by atoms with Crippen LogP contribution in [0.5, 0.6) is 0 Å². The van der Waals surface area contributed by atoms with Gasteiger partial charge in [-0.3, -0.25) is 14.5 Å². The molecule has 142 valence electrons. The number of nitrogens with one attached hydrogen (secondary N) is 3. The van der Waals surface area contributed by atoms with Crippen LogP contribution in [0.1, 0.15) is 34.3 Å². The Morgan fingerprint density at radius 3 is 2.58 bits per heavy atom. The lowest BCUT2D eigenvalue weighted by Gasteiger charge is -2.41. The number of hydrazine groups is 1. The average molecular weight is 360 g/mol. The van der Waals surface area contributed by atoms with Crippen molar-refractivity contribution in [2.75, 3.05) is 32.1 Å². The number of hydrogen-bond donors (Lipinski definition) is 4. The lowest BCUT2D eigenvalue weighted by atomic mass is 10.0. The fourth-order valence-electron chi connectivity index (χ4n) is 3.65. The van der Waals surface area contributed by atoms with Gasteiger partial charge in [0.15, 0.2) is 0 Å². The lowest BCUT2D eigenvalue weighted by Crippen LogP contribution is -2.61. The third-order valence-electron chi connectivity index (χ3n) is 5.31. The molecule has 0 bridgehead atoms. The molecule has 2 unspecified atom stereocenters. The molecule has 5 N–H and O–H groups in total. The SMILES string of the molecule is Cc1cc(NC(=O)C2CCC(N3CCNC3)N(C)N2)c(C(N)=O)cc1C. The Morgan fingerprint density at radius 1 is 1.23 bits per heavy atom. The molecule has 1 aromatic rings. The van der Waals surface area contributed by atoms with E-state index in [1.54, 1.807) is 12.1 Å². The summed E-state index contributed by atoms with van der Waals surface area (Å²) >= 11 is 0. The zero-order valence-corrected chi connectivity index (χ0v) is 15.6. The number of nitrogens with two attached hydrogens (primary N) is 1. The van der Waals surface area contributed by atoms with Crippen molar-refractivity contribution in [1.29, 1.82) is 0 Å². The van der Waals surface area contributed by atoms with Crippen LogP contribution in [0.2, 0.25) is 0 Å². The van der Waals surface area contributed by atoms with Gasteiger partial charge in [0.25, 0.3) is 5.91 Å². The largest absolute Gasteiger partial charge is 0.366 e. The number of aryl methyl sites for hydroxylation is 2. The summed E-state index contributed by atoms with van der Waals surface area (Å²) in [5.41, 5.74) is 11.5. The van der Waals surface area contributed by atoms with E-state index in [0.717, 1.165) is 43.7 Å². The molecule has 0 aliphatic carbocycles. The molecular weight excluding hydrogens is 332 g/mol. The zero-order valence-electron chi connectivity index (χ0n) is 15.6. The number of amides is 2. The molecular formula is C18H28N6O2. The van der Waals surface area contributed by atoms with Gasteiger partial charge in [0, 0.05) is 26.8 Å². The zero-order chi connectivity index (χ0) is 18.8. The van der Waals surface area contributed by atoms with E-state index in [4.69, 9.17) is 5.73 Å². The summed E-state index contributed by atoms with van der Waals surface area (Å²) in [6, 6.07) is 3.19. The van der Waals surface area contributed by atoms with Crippen LogP contribution >= 0.6 is 0 Å². The summed E-state index contributed by atoms with van der Waals surface area (Å²) in [5, 5.41) is 8.22. The summed E-state index contributed by atoms with van der Waals surface area (Å²) in [6.45, 7) is 6.74. The molecule has 0 saturated carbocycles. The van der Waals surface area contributed by atoms with Gasteiger partial charge in [-0.2, -0.15) is 0 Å². The Balaban J connectivity index is 1.67. The van der Waals surface area contributed by atoms with Crippen molar-refractivity contribution >= 4 is 17.5 Å². The smallest absolute Gasteiger partial charge is 0.250 e. The highest BCUT2D eigenvalue weighted by atomic mass is 16.2. The molecule has 0 spiro atoms. The van der Waals surface area contributed by atoms with E-state index in [2.05, 4.69) is 21.0 Å². The number of primary amides is 1. The van der Waals surface area contributed by atoms with Crippen molar-refractivity contribution < 1.29 is 9.59 Å². The molecule has 2 amide bonds. The fourth-order valence-corrected chi connectivity index (χ4v) is 3.65. The first kappa shape index (κ1) is 18.8. The van der Waals surface area contributed by atoms with Crippen molar-refractivity contribution in [1.82, 2.24) is 20.7 Å². The van der Waals surface area contributed by atoms with Crippen LogP contribution in [0, 0.1) is 13.8 Å². The Kier molecular flexibility index (Phi) is 5.57. The van der Waals surface area contributed by atoms with E-state index in [9.17, 15) is 9.59 Å². The van der Waals surface area contributed by atoms with E-state index >= 15 is 0 Å². The second-order valence-electron chi connectivity index (χ2n) is 7.16. The quantitative estimate of drug-likeness (QED) is 0.609. The minimum Gasteiger partial charge on any atom is -0.366 e. The molecule has 3 rings (SSSR count). The normalized spacial score (nSPS) is 24.6. The van der Waals surface area contributed by atoms with Crippen molar-refractivity contribution in [2.45, 2.75) is 38.9 Å². The van der Waals surface area contributed by atoms with Gasteiger partial charge in [0.1, 0.15) is 6.04 Å². The maximum absolute atomic E-state index is 12.7. The maximum atomic E-state index is 12.7. The minimum atomic E-state index is -0.543. The van der Waals surface area contributed by atoms with Gasteiger partial charge in [0.05, 0.1) is 17.4 Å². The standard InChI is InChI=1S/C18H28N6O2/c1-11-8-13(17(19)25)15(9-12(11)2)21-18(26)14-4-5-16(23(3)22-14)24-7-6-20-10-24/h8-9,14,16,20,22H,4-7,10H2,1-3H3,(H2,19,25)(H,21,26). The van der Waals surface area contributed by atoms with Gasteiger partial charge in [-0.05, 0) is 49.9 Å². The molecule has 8 heteroatoms. The van der Waals surface area contributed by atoms with E-state index in [-0.39, 0.29) is 18.1 Å². The van der Waals surface area contributed by atoms with Gasteiger partial charge in [-0.25, -0.2) is 10.4 Å². The van der Waals surface area contributed by atoms with E-state index in [1.165, 1.54) is 0 Å². The van der Waals surface area contributed by atoms with Gasteiger partial charge >= 0.3 is 0 Å². The number of anilines is 1. The summed E-state index contributed by atoms with van der Waals surface area (Å²) in [5.74, 6) is -0.695. The van der Waals surface area contributed by atoms with Crippen LogP contribution in [0.3, 0.4) is 0 Å². The Labute approximate surface area is 154 Å². The predicted molar refractivity (Wildman–Crippen MR) is 100 cm³/mol. The molecule has 2 saturated heterocycles. The van der Waals surface area contributed by atoms with Crippen molar-refractivity contribution in [3.05, 3.63) is 28.8 Å². The van der Waals surface area contributed by atoms with Gasteiger partial charge in [0.2, 0.25) is 5.91 Å². The van der Waals surface area contributed by atoms with Gasteiger partial charge in [-0.1, -0.05) is 0 Å². The molecule has 2 heterocycles. The molecule has 8 nitrogen and oxygen atoms in total. The molecule has 2 aliphatic rings. The fraction of sp³-hybridized carbons (Fsp3) is 0.556. The second-order valence-corrected chi connectivity index (χ2v) is 7.16. The Hall–Kier alpha value is -2.00. The molecule has 1 aromatic carbocycles. The highest BCUT2D eigenvalue weighted by Crippen LogP contribution is 2.23. The Bertz CT molecular complexity index is 701. The summed E-state index contributed by atoms with van der Waals surface area (Å²) < 4.78 is 0. The molecule has 2 fully saturated rings. The highest BCUT2D eigenvalue weighted by molar-refractivity contribution is 6.04. The first-order valence-electron chi connectivity index (χ1n) is 9.02. The second kappa shape index (κ2) is 7.71. The third-order valence-corrected chi connectivity index (χ3v) is 5.31. The van der Waals surface area contributed by atoms with E-state index in [0.29, 0.717) is 11.3 Å². The molecule has 0 radical (unpaired) electrons. The molecule has 2 atom stereocenters. The molecule has 26 heavy (non-hydrogen) atoms. The number of carbonyl (C=O) groups is 2. The topological polar surface area (TPSA) is 103 Å². The average Bonchev–Trinajstić information content (AvgIpc) is 3.11. The first-order chi connectivity index (χ1) is 12.4. The van der Waals surface area contributed by atoms with Crippen LogP contribution in [0.25, 0.3) is 0 Å². The van der Waals surface area contributed by atoms with Crippen molar-refractivity contribution in [3.8, 4) is 0 Å². The van der Waals surface area contributed by atoms with Crippen LogP contribution in [0.15, 0.2) is 12.1 Å². The summed E-state index contributed by atoms with van der Waals surface area (Å²) in [6.07, 6.45) is 1.91. The minimum absolute atomic E-state index is 0.152. The first-order valence-corrected chi connectivity index (χ1v) is 9.02. The number of carbonyl (C=O) groups excluding carboxylic acids is 2. The van der Waals surface area contributed by atoms with Crippen LogP contribution in [-0.2, 0) is 4.79 Å². The Morgan fingerprint density at radius 2 is 1.96 bits per heavy atom. The van der Waals surface area contributed by atoms with E-state index < -0.39 is 5.91 Å². The highest BCUT2D eigenvalue weighted by Gasteiger charge is 2.34. The van der Waals surface area contributed by atoms with Crippen LogP contribution in [0.4, 0.5) is 5.69 Å². The monoisotopic (exact) mass is 360 g/mol. The summed E-state index contributed by atoms with van der Waals surface area (Å²) in [4.78, 5) is 26.8. The predicted octanol–water partition coefficient (Wildman–Crippen LogP) is 0.128. The molecule has 0 aromatic heterocycles. The lowest BCUT2D eigenvalue weighted by molar-refractivity contribution is -0.123. The van der Waals surface area contributed by atoms with Crippen LogP contribution < -0.4 is 21.8 Å². The number of hydrogen-bond acceptors (Lipinski definition) is 6. The van der Waals surface area contributed by atoms with Crippen molar-refractivity contribution in [2.24, 2.45) is 5.73 Å². The van der Waals surface area contributed by atoms with Gasteiger partial charge < -0.3 is 16.4 Å². The van der Waals surface area contributed by atoms with Crippen LogP contribution in [-0.4, -0.2) is 60.7 Å². The van der Waals surface area contributed by atoms with Gasteiger partial charge in [-0.15, -0.1) is 0 Å². The number of nitrogens with zero attached hydrogens (tertiary/aromatic N) is 2. The third kappa shape index (κ3) is 3.88. The number of rotatable bonds is 4. The number of benzene rings is 1. The van der Waals surface area contributed by atoms with E-state index in [1.807, 2.05) is 25.9 Å². The summed E-state index contributed by atoms with van der Waals surface area (Å²) in [7, 11) is 1.97. The van der Waals surface area contributed by atoms with Crippen molar-refractivity contribution in [3.63, 3.8) is 0 Å².